The highest BCUT2D eigenvalue weighted by molar-refractivity contribution is 5.95. The summed E-state index contributed by atoms with van der Waals surface area (Å²) in [6.45, 7) is 5.40. The van der Waals surface area contributed by atoms with Gasteiger partial charge < -0.3 is 10.0 Å². The van der Waals surface area contributed by atoms with Crippen LogP contribution in [0.5, 0.6) is 0 Å². The van der Waals surface area contributed by atoms with E-state index in [0.717, 1.165) is 36.1 Å². The Bertz CT molecular complexity index is 539. The number of likely N-dealkylation sites (tertiary alicyclic amines) is 1. The number of aryl methyl sites for hydroxylation is 2. The first kappa shape index (κ1) is 15.5. The first-order valence-electron chi connectivity index (χ1n) is 7.55. The maximum absolute atomic E-state index is 12.7. The topological polar surface area (TPSA) is 57.6 Å². The number of nitrogens with zero attached hydrogens (tertiary/aromatic N) is 1. The molecule has 2 rings (SSSR count). The van der Waals surface area contributed by atoms with Gasteiger partial charge in [0.1, 0.15) is 0 Å². The zero-order valence-electron chi connectivity index (χ0n) is 12.8. The van der Waals surface area contributed by atoms with Gasteiger partial charge in [0, 0.05) is 25.1 Å². The molecule has 0 bridgehead atoms. The lowest BCUT2D eigenvalue weighted by molar-refractivity contribution is -0.137. The molecule has 114 valence electrons. The molecule has 1 fully saturated rings. The summed E-state index contributed by atoms with van der Waals surface area (Å²) < 4.78 is 0. The van der Waals surface area contributed by atoms with Gasteiger partial charge in [0.2, 0.25) is 0 Å². The largest absolute Gasteiger partial charge is 0.481 e. The van der Waals surface area contributed by atoms with E-state index in [1.54, 1.807) is 0 Å². The fourth-order valence-electron chi connectivity index (χ4n) is 2.95. The van der Waals surface area contributed by atoms with E-state index < -0.39 is 5.97 Å². The number of carboxylic acids is 1. The Morgan fingerprint density at radius 3 is 2.81 bits per heavy atom. The summed E-state index contributed by atoms with van der Waals surface area (Å²) in [5.41, 5.74) is 2.86. The van der Waals surface area contributed by atoms with Crippen molar-refractivity contribution in [2.45, 2.75) is 39.5 Å². The number of carboxylic acid groups (broad SMARTS) is 1. The van der Waals surface area contributed by atoms with Gasteiger partial charge in [-0.05, 0) is 50.7 Å². The van der Waals surface area contributed by atoms with Crippen LogP contribution in [0.2, 0.25) is 0 Å². The van der Waals surface area contributed by atoms with Crippen molar-refractivity contribution in [3.05, 3.63) is 34.9 Å². The highest BCUT2D eigenvalue weighted by atomic mass is 16.4. The van der Waals surface area contributed by atoms with E-state index in [1.807, 2.05) is 36.9 Å². The number of benzene rings is 1. The van der Waals surface area contributed by atoms with Crippen molar-refractivity contribution in [1.82, 2.24) is 4.90 Å². The first-order chi connectivity index (χ1) is 9.97. The second kappa shape index (κ2) is 6.74. The van der Waals surface area contributed by atoms with Gasteiger partial charge in [0.15, 0.2) is 0 Å². The van der Waals surface area contributed by atoms with Crippen molar-refractivity contribution in [2.24, 2.45) is 5.92 Å². The van der Waals surface area contributed by atoms with E-state index in [1.165, 1.54) is 0 Å². The number of hydrogen-bond acceptors (Lipinski definition) is 2. The van der Waals surface area contributed by atoms with Crippen LogP contribution >= 0.6 is 0 Å². The lowest BCUT2D eigenvalue weighted by Gasteiger charge is -2.33. The zero-order valence-corrected chi connectivity index (χ0v) is 12.8. The molecule has 1 aliphatic heterocycles. The van der Waals surface area contributed by atoms with E-state index >= 15 is 0 Å². The Morgan fingerprint density at radius 1 is 1.33 bits per heavy atom. The smallest absolute Gasteiger partial charge is 0.303 e. The van der Waals surface area contributed by atoms with Gasteiger partial charge in [-0.1, -0.05) is 17.7 Å². The Labute approximate surface area is 125 Å². The summed E-state index contributed by atoms with van der Waals surface area (Å²) >= 11 is 0. The van der Waals surface area contributed by atoms with Crippen LogP contribution in [-0.2, 0) is 4.79 Å². The number of carbonyl (C=O) groups is 2. The van der Waals surface area contributed by atoms with E-state index in [2.05, 4.69) is 0 Å². The number of carbonyl (C=O) groups excluding carboxylic acids is 1. The average molecular weight is 289 g/mol. The molecule has 0 aromatic heterocycles. The molecule has 1 heterocycles. The predicted octanol–water partition coefficient (Wildman–Crippen LogP) is 3.02. The summed E-state index contributed by atoms with van der Waals surface area (Å²) in [5.74, 6) is -0.367. The standard InChI is InChI=1S/C17H23NO3/c1-12-5-6-13(2)15(10-12)17(21)18-9-3-4-14(11-18)7-8-16(19)20/h5-6,10,14H,3-4,7-9,11H2,1-2H3,(H,19,20)/t14-/m1/s1. The van der Waals surface area contributed by atoms with Crippen molar-refractivity contribution >= 4 is 11.9 Å². The molecule has 4 nitrogen and oxygen atoms in total. The SMILES string of the molecule is Cc1ccc(C)c(C(=O)N2CCC[C@H](CCC(=O)O)C2)c1. The van der Waals surface area contributed by atoms with Crippen LogP contribution in [0.3, 0.4) is 0 Å². The Balaban J connectivity index is 2.05. The normalized spacial score (nSPS) is 18.6. The van der Waals surface area contributed by atoms with Gasteiger partial charge >= 0.3 is 5.97 Å². The van der Waals surface area contributed by atoms with Crippen LogP contribution < -0.4 is 0 Å². The van der Waals surface area contributed by atoms with E-state index in [4.69, 9.17) is 5.11 Å². The Morgan fingerprint density at radius 2 is 2.10 bits per heavy atom. The third kappa shape index (κ3) is 4.06. The molecular weight excluding hydrogens is 266 g/mol. The van der Waals surface area contributed by atoms with Crippen LogP contribution in [0, 0.1) is 19.8 Å². The van der Waals surface area contributed by atoms with Crippen LogP contribution in [0.15, 0.2) is 18.2 Å². The molecular formula is C17H23NO3. The zero-order chi connectivity index (χ0) is 15.4. The molecule has 1 saturated heterocycles. The van der Waals surface area contributed by atoms with Gasteiger partial charge in [-0.3, -0.25) is 9.59 Å². The molecule has 21 heavy (non-hydrogen) atoms. The molecule has 1 aromatic rings. The van der Waals surface area contributed by atoms with Crippen molar-refractivity contribution in [1.29, 1.82) is 0 Å². The van der Waals surface area contributed by atoms with Crippen molar-refractivity contribution in [2.75, 3.05) is 13.1 Å². The summed E-state index contributed by atoms with van der Waals surface area (Å²) in [6, 6.07) is 5.94. The second-order valence-corrected chi connectivity index (χ2v) is 6.01. The molecule has 1 N–H and O–H groups in total. The maximum Gasteiger partial charge on any atom is 0.303 e. The molecule has 0 unspecified atom stereocenters. The minimum absolute atomic E-state index is 0.0798. The molecule has 0 aliphatic carbocycles. The summed E-state index contributed by atoms with van der Waals surface area (Å²) in [4.78, 5) is 25.2. The van der Waals surface area contributed by atoms with E-state index in [9.17, 15) is 9.59 Å². The number of hydrogen-bond donors (Lipinski definition) is 1. The molecule has 1 aliphatic rings. The lowest BCUT2D eigenvalue weighted by atomic mass is 9.92. The van der Waals surface area contributed by atoms with Crippen LogP contribution in [-0.4, -0.2) is 35.0 Å². The number of rotatable bonds is 4. The molecule has 1 atom stereocenters. The van der Waals surface area contributed by atoms with Crippen LogP contribution in [0.4, 0.5) is 0 Å². The van der Waals surface area contributed by atoms with Crippen LogP contribution in [0.1, 0.15) is 47.2 Å². The van der Waals surface area contributed by atoms with E-state index in [0.29, 0.717) is 18.9 Å². The highest BCUT2D eigenvalue weighted by Crippen LogP contribution is 2.23. The maximum atomic E-state index is 12.7. The van der Waals surface area contributed by atoms with Crippen molar-refractivity contribution in [3.63, 3.8) is 0 Å². The van der Waals surface area contributed by atoms with Gasteiger partial charge in [-0.2, -0.15) is 0 Å². The Hall–Kier alpha value is -1.84. The molecule has 1 aromatic carbocycles. The van der Waals surface area contributed by atoms with Gasteiger partial charge in [0.25, 0.3) is 5.91 Å². The third-order valence-electron chi connectivity index (χ3n) is 4.20. The van der Waals surface area contributed by atoms with E-state index in [-0.39, 0.29) is 12.3 Å². The molecule has 1 amide bonds. The number of amides is 1. The molecule has 0 saturated carbocycles. The first-order valence-corrected chi connectivity index (χ1v) is 7.55. The Kier molecular flexibility index (Phi) is 4.99. The lowest BCUT2D eigenvalue weighted by Crippen LogP contribution is -2.40. The average Bonchev–Trinajstić information content (AvgIpc) is 2.47. The summed E-state index contributed by atoms with van der Waals surface area (Å²) in [7, 11) is 0. The highest BCUT2D eigenvalue weighted by Gasteiger charge is 2.25. The number of piperidine rings is 1. The minimum atomic E-state index is -0.757. The fourth-order valence-corrected chi connectivity index (χ4v) is 2.95. The van der Waals surface area contributed by atoms with Crippen LogP contribution in [0.25, 0.3) is 0 Å². The predicted molar refractivity (Wildman–Crippen MR) is 81.4 cm³/mol. The fraction of sp³-hybridized carbons (Fsp3) is 0.529. The van der Waals surface area contributed by atoms with Crippen molar-refractivity contribution in [3.8, 4) is 0 Å². The van der Waals surface area contributed by atoms with Gasteiger partial charge in [0.05, 0.1) is 0 Å². The second-order valence-electron chi connectivity index (χ2n) is 6.01. The van der Waals surface area contributed by atoms with Gasteiger partial charge in [-0.25, -0.2) is 0 Å². The quantitative estimate of drug-likeness (QED) is 0.927. The molecule has 0 spiro atoms. The third-order valence-corrected chi connectivity index (χ3v) is 4.20. The molecule has 0 radical (unpaired) electrons. The molecule has 4 heteroatoms. The monoisotopic (exact) mass is 289 g/mol. The van der Waals surface area contributed by atoms with Crippen molar-refractivity contribution < 1.29 is 14.7 Å². The minimum Gasteiger partial charge on any atom is -0.481 e. The summed E-state index contributed by atoms with van der Waals surface area (Å²) in [5, 5.41) is 8.78. The number of aliphatic carboxylic acids is 1. The summed E-state index contributed by atoms with van der Waals surface area (Å²) in [6.07, 6.45) is 2.83. The van der Waals surface area contributed by atoms with Gasteiger partial charge in [-0.15, -0.1) is 0 Å².